The first-order valence-electron chi connectivity index (χ1n) is 5.91. The van der Waals surface area contributed by atoms with Crippen LogP contribution in [0.2, 0.25) is 0 Å². The molecule has 2 aromatic rings. The van der Waals surface area contributed by atoms with Gasteiger partial charge in [0.2, 0.25) is 0 Å². The quantitative estimate of drug-likeness (QED) is 0.802. The number of hydrogen-bond acceptors (Lipinski definition) is 3. The minimum Gasteiger partial charge on any atom is -0.329 e. The largest absolute Gasteiger partial charge is 0.329 e. The molecule has 1 aliphatic rings. The van der Waals surface area contributed by atoms with Crippen LogP contribution < -0.4 is 0 Å². The highest BCUT2D eigenvalue weighted by atomic mass is 32.2. The molecule has 0 aromatic carbocycles. The summed E-state index contributed by atoms with van der Waals surface area (Å²) in [5.74, 6) is 2.45. The molecule has 0 bridgehead atoms. The topological polar surface area (TPSA) is 33.6 Å². The van der Waals surface area contributed by atoms with E-state index in [1.54, 1.807) is 0 Å². The summed E-state index contributed by atoms with van der Waals surface area (Å²) in [4.78, 5) is 7.80. The number of aryl methyl sites for hydroxylation is 1. The lowest BCUT2D eigenvalue weighted by Crippen LogP contribution is -2.15. The first-order chi connectivity index (χ1) is 8.27. The number of hydrogen-bond donors (Lipinski definition) is 1. The van der Waals surface area contributed by atoms with Crippen molar-refractivity contribution >= 4 is 35.1 Å². The highest BCUT2D eigenvalue weighted by Gasteiger charge is 2.19. The second-order valence-electron chi connectivity index (χ2n) is 4.47. The number of pyridine rings is 1. The standard InChI is InChI=1S/C12H15N3S2/c1-8-2-5-13-11-10(8)14-12(16)15(11)9-3-6-17-7-4-9/h2,5,9H,3-4,6-7H2,1H3,(H,14,16). The molecule has 0 spiro atoms. The summed E-state index contributed by atoms with van der Waals surface area (Å²) < 4.78 is 3.04. The van der Waals surface area contributed by atoms with Gasteiger partial charge in [0.1, 0.15) is 0 Å². The second kappa shape index (κ2) is 4.46. The minimum absolute atomic E-state index is 0.520. The molecule has 3 heterocycles. The lowest BCUT2D eigenvalue weighted by Gasteiger charge is -2.22. The molecule has 0 amide bonds. The van der Waals surface area contributed by atoms with Gasteiger partial charge in [-0.1, -0.05) is 0 Å². The average molecular weight is 265 g/mol. The Morgan fingerprint density at radius 2 is 2.24 bits per heavy atom. The Labute approximate surface area is 110 Å². The molecule has 1 fully saturated rings. The molecule has 0 radical (unpaired) electrons. The van der Waals surface area contributed by atoms with Crippen LogP contribution in [-0.2, 0) is 0 Å². The summed E-state index contributed by atoms with van der Waals surface area (Å²) in [6.45, 7) is 2.09. The Balaban J connectivity index is 2.18. The molecule has 1 aliphatic heterocycles. The van der Waals surface area contributed by atoms with Crippen LogP contribution in [0.1, 0.15) is 24.4 Å². The predicted molar refractivity (Wildman–Crippen MR) is 75.3 cm³/mol. The van der Waals surface area contributed by atoms with Crippen molar-refractivity contribution in [3.8, 4) is 0 Å². The van der Waals surface area contributed by atoms with Crippen LogP contribution in [0.3, 0.4) is 0 Å². The molecule has 0 atom stereocenters. The summed E-state index contributed by atoms with van der Waals surface area (Å²) in [7, 11) is 0. The van der Waals surface area contributed by atoms with E-state index in [0.29, 0.717) is 6.04 Å². The number of imidazole rings is 1. The van der Waals surface area contributed by atoms with Gasteiger partial charge in [-0.3, -0.25) is 4.57 Å². The Kier molecular flexibility index (Phi) is 2.96. The number of nitrogens with zero attached hydrogens (tertiary/aromatic N) is 2. The maximum atomic E-state index is 5.45. The third-order valence-electron chi connectivity index (χ3n) is 3.37. The molecule has 3 rings (SSSR count). The molecule has 0 aliphatic carbocycles. The lowest BCUT2D eigenvalue weighted by molar-refractivity contribution is 0.474. The molecule has 3 nitrogen and oxygen atoms in total. The fraction of sp³-hybridized carbons (Fsp3) is 0.500. The molecule has 0 unspecified atom stereocenters. The van der Waals surface area contributed by atoms with Crippen molar-refractivity contribution in [3.05, 3.63) is 22.6 Å². The van der Waals surface area contributed by atoms with Crippen molar-refractivity contribution in [2.24, 2.45) is 0 Å². The molecular weight excluding hydrogens is 250 g/mol. The zero-order valence-electron chi connectivity index (χ0n) is 9.77. The van der Waals surface area contributed by atoms with Crippen molar-refractivity contribution in [3.63, 3.8) is 0 Å². The maximum absolute atomic E-state index is 5.45. The van der Waals surface area contributed by atoms with E-state index in [-0.39, 0.29) is 0 Å². The van der Waals surface area contributed by atoms with Gasteiger partial charge in [-0.25, -0.2) is 4.98 Å². The fourth-order valence-corrected chi connectivity index (χ4v) is 3.85. The van der Waals surface area contributed by atoms with Gasteiger partial charge in [0.25, 0.3) is 0 Å². The van der Waals surface area contributed by atoms with Gasteiger partial charge in [0.15, 0.2) is 10.4 Å². The van der Waals surface area contributed by atoms with E-state index in [0.717, 1.165) is 15.9 Å². The third-order valence-corrected chi connectivity index (χ3v) is 4.72. The Morgan fingerprint density at radius 1 is 1.47 bits per heavy atom. The van der Waals surface area contributed by atoms with Crippen LogP contribution in [0.4, 0.5) is 0 Å². The third kappa shape index (κ3) is 1.91. The van der Waals surface area contributed by atoms with Crippen molar-refractivity contribution in [2.45, 2.75) is 25.8 Å². The highest BCUT2D eigenvalue weighted by Crippen LogP contribution is 2.30. The molecule has 1 saturated heterocycles. The van der Waals surface area contributed by atoms with Gasteiger partial charge in [-0.05, 0) is 55.1 Å². The first-order valence-corrected chi connectivity index (χ1v) is 7.47. The van der Waals surface area contributed by atoms with Gasteiger partial charge >= 0.3 is 0 Å². The van der Waals surface area contributed by atoms with Crippen molar-refractivity contribution in [1.29, 1.82) is 0 Å². The maximum Gasteiger partial charge on any atom is 0.179 e. The SMILES string of the molecule is Cc1ccnc2c1[nH]c(=S)n2C1CCSCC1. The molecule has 90 valence electrons. The van der Waals surface area contributed by atoms with Gasteiger partial charge in [0.05, 0.1) is 5.52 Å². The van der Waals surface area contributed by atoms with Crippen LogP contribution in [0.25, 0.3) is 11.2 Å². The zero-order chi connectivity index (χ0) is 11.8. The van der Waals surface area contributed by atoms with Crippen LogP contribution in [-0.4, -0.2) is 26.0 Å². The smallest absolute Gasteiger partial charge is 0.179 e. The van der Waals surface area contributed by atoms with Crippen LogP contribution in [0.15, 0.2) is 12.3 Å². The van der Waals surface area contributed by atoms with E-state index in [1.165, 1.54) is 29.9 Å². The predicted octanol–water partition coefficient (Wildman–Crippen LogP) is 3.47. The molecule has 5 heteroatoms. The molecule has 17 heavy (non-hydrogen) atoms. The molecule has 1 N–H and O–H groups in total. The zero-order valence-corrected chi connectivity index (χ0v) is 11.4. The van der Waals surface area contributed by atoms with Crippen LogP contribution >= 0.6 is 24.0 Å². The molecule has 2 aromatic heterocycles. The van der Waals surface area contributed by atoms with Crippen LogP contribution in [0, 0.1) is 11.7 Å². The Morgan fingerprint density at radius 3 is 3.00 bits per heavy atom. The highest BCUT2D eigenvalue weighted by molar-refractivity contribution is 7.99. The average Bonchev–Trinajstić information content (AvgIpc) is 2.68. The fourth-order valence-electron chi connectivity index (χ4n) is 2.43. The van der Waals surface area contributed by atoms with Crippen LogP contribution in [0.5, 0.6) is 0 Å². The van der Waals surface area contributed by atoms with Crippen molar-refractivity contribution in [1.82, 2.24) is 14.5 Å². The first kappa shape index (κ1) is 11.3. The second-order valence-corrected chi connectivity index (χ2v) is 6.08. The summed E-state index contributed by atoms with van der Waals surface area (Å²) >= 11 is 7.49. The van der Waals surface area contributed by atoms with Gasteiger partial charge in [0, 0.05) is 12.2 Å². The van der Waals surface area contributed by atoms with Gasteiger partial charge in [-0.2, -0.15) is 11.8 Å². The van der Waals surface area contributed by atoms with Crippen molar-refractivity contribution < 1.29 is 0 Å². The summed E-state index contributed by atoms with van der Waals surface area (Å²) in [5.41, 5.74) is 3.33. The number of fused-ring (bicyclic) bond motifs is 1. The lowest BCUT2D eigenvalue weighted by atomic mass is 10.1. The van der Waals surface area contributed by atoms with Gasteiger partial charge in [-0.15, -0.1) is 0 Å². The number of rotatable bonds is 1. The number of thioether (sulfide) groups is 1. The number of aromatic amines is 1. The Bertz CT molecular complexity index is 593. The van der Waals surface area contributed by atoms with E-state index in [9.17, 15) is 0 Å². The number of aromatic nitrogens is 3. The van der Waals surface area contributed by atoms with E-state index in [1.807, 2.05) is 24.0 Å². The monoisotopic (exact) mass is 265 g/mol. The van der Waals surface area contributed by atoms with E-state index in [2.05, 4.69) is 21.5 Å². The number of nitrogens with one attached hydrogen (secondary N) is 1. The van der Waals surface area contributed by atoms with Crippen molar-refractivity contribution in [2.75, 3.05) is 11.5 Å². The molecular formula is C12H15N3S2. The summed E-state index contributed by atoms with van der Waals surface area (Å²) in [6.07, 6.45) is 4.26. The van der Waals surface area contributed by atoms with E-state index >= 15 is 0 Å². The van der Waals surface area contributed by atoms with E-state index < -0.39 is 0 Å². The number of H-pyrrole nitrogens is 1. The molecule has 0 saturated carbocycles. The van der Waals surface area contributed by atoms with E-state index in [4.69, 9.17) is 12.2 Å². The minimum atomic E-state index is 0.520. The summed E-state index contributed by atoms with van der Waals surface area (Å²) in [6, 6.07) is 2.54. The Hall–Kier alpha value is -0.810. The summed E-state index contributed by atoms with van der Waals surface area (Å²) in [5, 5.41) is 0. The normalized spacial score (nSPS) is 17.7. The van der Waals surface area contributed by atoms with Gasteiger partial charge < -0.3 is 4.98 Å².